The van der Waals surface area contributed by atoms with Crippen LogP contribution >= 0.6 is 0 Å². The van der Waals surface area contributed by atoms with Crippen LogP contribution in [0.3, 0.4) is 0 Å². The van der Waals surface area contributed by atoms with Crippen LogP contribution in [-0.4, -0.2) is 5.78 Å². The maximum Gasteiger partial charge on any atom is 0.155 e. The van der Waals surface area contributed by atoms with Crippen molar-refractivity contribution >= 4 is 5.78 Å². The monoisotopic (exact) mass is 153 g/mol. The molecule has 0 atom stereocenters. The van der Waals surface area contributed by atoms with E-state index in [1.54, 1.807) is 6.08 Å². The number of ketones is 1. The lowest BCUT2D eigenvalue weighted by molar-refractivity contribution is -0.113. The molecule has 0 fully saturated rings. The minimum absolute atomic E-state index is 0.126. The van der Waals surface area contributed by atoms with Gasteiger partial charge in [0.15, 0.2) is 5.78 Å². The highest BCUT2D eigenvalue weighted by atomic mass is 16.1. The molecule has 0 N–H and O–H groups in total. The van der Waals surface area contributed by atoms with Gasteiger partial charge in [-0.2, -0.15) is 0 Å². The Hall–Kier alpha value is -0.590. The van der Waals surface area contributed by atoms with E-state index in [0.29, 0.717) is 6.42 Å². The molecule has 0 aromatic carbocycles. The minimum Gasteiger partial charge on any atom is -0.295 e. The lowest BCUT2D eigenvalue weighted by atomic mass is 10.2. The lowest BCUT2D eigenvalue weighted by Crippen LogP contribution is -1.86. The van der Waals surface area contributed by atoms with Crippen molar-refractivity contribution in [1.29, 1.82) is 0 Å². The third-order valence-corrected chi connectivity index (χ3v) is 1.52. The number of carbonyl (C=O) groups is 1. The standard InChI is InChI=1S/C10H17O/c1-3-5-6-7-8-9-10(11)4-2/h8-9H,2-7H2,1H3. The van der Waals surface area contributed by atoms with Gasteiger partial charge in [0.1, 0.15) is 0 Å². The molecular weight excluding hydrogens is 136 g/mol. The number of hydrogen-bond acceptors (Lipinski definition) is 1. The van der Waals surface area contributed by atoms with E-state index in [4.69, 9.17) is 0 Å². The molecule has 0 aliphatic rings. The predicted molar refractivity (Wildman–Crippen MR) is 48.3 cm³/mol. The highest BCUT2D eigenvalue weighted by Gasteiger charge is 1.88. The molecule has 0 bridgehead atoms. The Balaban J connectivity index is 3.22. The molecule has 0 aromatic rings. The summed E-state index contributed by atoms with van der Waals surface area (Å²) in [4.78, 5) is 10.7. The van der Waals surface area contributed by atoms with Crippen LogP contribution in [-0.2, 0) is 4.79 Å². The quantitative estimate of drug-likeness (QED) is 0.423. The van der Waals surface area contributed by atoms with Gasteiger partial charge in [0, 0.05) is 6.42 Å². The molecule has 0 aliphatic carbocycles. The van der Waals surface area contributed by atoms with Crippen molar-refractivity contribution < 1.29 is 4.79 Å². The van der Waals surface area contributed by atoms with Gasteiger partial charge in [-0.15, -0.1) is 0 Å². The third kappa shape index (κ3) is 7.31. The van der Waals surface area contributed by atoms with Crippen LogP contribution in [0.4, 0.5) is 0 Å². The zero-order valence-corrected chi connectivity index (χ0v) is 7.31. The fourth-order valence-electron chi connectivity index (χ4n) is 0.810. The summed E-state index contributed by atoms with van der Waals surface area (Å²) in [5.41, 5.74) is 0. The molecule has 11 heavy (non-hydrogen) atoms. The van der Waals surface area contributed by atoms with Crippen LogP contribution in [0.5, 0.6) is 0 Å². The van der Waals surface area contributed by atoms with Gasteiger partial charge in [0.2, 0.25) is 0 Å². The Morgan fingerprint density at radius 3 is 2.73 bits per heavy atom. The van der Waals surface area contributed by atoms with E-state index in [1.807, 2.05) is 6.08 Å². The Kier molecular flexibility index (Phi) is 7.11. The van der Waals surface area contributed by atoms with Crippen molar-refractivity contribution in [3.8, 4) is 0 Å². The molecule has 0 heterocycles. The minimum atomic E-state index is 0.126. The van der Waals surface area contributed by atoms with Gasteiger partial charge in [0.05, 0.1) is 0 Å². The number of carbonyl (C=O) groups excluding carboxylic acids is 1. The molecule has 1 heteroatoms. The number of unbranched alkanes of at least 4 members (excludes halogenated alkanes) is 3. The summed E-state index contributed by atoms with van der Waals surface area (Å²) >= 11 is 0. The first kappa shape index (κ1) is 10.4. The summed E-state index contributed by atoms with van der Waals surface area (Å²) in [5, 5.41) is 0. The van der Waals surface area contributed by atoms with Gasteiger partial charge in [-0.3, -0.25) is 4.79 Å². The molecule has 0 saturated heterocycles. The van der Waals surface area contributed by atoms with Gasteiger partial charge in [0.25, 0.3) is 0 Å². The van der Waals surface area contributed by atoms with Crippen LogP contribution in [0.15, 0.2) is 12.2 Å². The summed E-state index contributed by atoms with van der Waals surface area (Å²) in [7, 11) is 0. The average Bonchev–Trinajstić information content (AvgIpc) is 2.04. The Labute approximate surface area is 69.5 Å². The van der Waals surface area contributed by atoms with Crippen molar-refractivity contribution in [3.05, 3.63) is 19.1 Å². The molecule has 63 valence electrons. The van der Waals surface area contributed by atoms with Gasteiger partial charge < -0.3 is 0 Å². The first-order chi connectivity index (χ1) is 5.31. The molecule has 1 radical (unpaired) electrons. The zero-order chi connectivity index (χ0) is 8.53. The van der Waals surface area contributed by atoms with Crippen molar-refractivity contribution in [2.24, 2.45) is 0 Å². The summed E-state index contributed by atoms with van der Waals surface area (Å²) in [5.74, 6) is 0.126. The van der Waals surface area contributed by atoms with Gasteiger partial charge in [-0.05, 0) is 25.8 Å². The number of hydrogen-bond donors (Lipinski definition) is 0. The van der Waals surface area contributed by atoms with Crippen molar-refractivity contribution in [2.75, 3.05) is 0 Å². The van der Waals surface area contributed by atoms with Crippen molar-refractivity contribution in [2.45, 2.75) is 39.0 Å². The Morgan fingerprint density at radius 2 is 2.18 bits per heavy atom. The second-order valence-corrected chi connectivity index (χ2v) is 2.61. The second-order valence-electron chi connectivity index (χ2n) is 2.61. The first-order valence-electron chi connectivity index (χ1n) is 4.30. The second kappa shape index (κ2) is 7.52. The molecule has 0 aromatic heterocycles. The smallest absolute Gasteiger partial charge is 0.155 e. The van der Waals surface area contributed by atoms with Gasteiger partial charge in [-0.25, -0.2) is 0 Å². The van der Waals surface area contributed by atoms with Crippen LogP contribution in [0.1, 0.15) is 39.0 Å². The maximum absolute atomic E-state index is 10.7. The van der Waals surface area contributed by atoms with Gasteiger partial charge in [-0.1, -0.05) is 25.8 Å². The van der Waals surface area contributed by atoms with Crippen LogP contribution in [0, 0.1) is 6.92 Å². The van der Waals surface area contributed by atoms with E-state index in [-0.39, 0.29) is 5.78 Å². The van der Waals surface area contributed by atoms with Crippen molar-refractivity contribution in [3.63, 3.8) is 0 Å². The molecular formula is C10H17O. The number of rotatable bonds is 6. The maximum atomic E-state index is 10.7. The predicted octanol–water partition coefficient (Wildman–Crippen LogP) is 2.92. The summed E-state index contributed by atoms with van der Waals surface area (Å²) in [6, 6.07) is 0. The fraction of sp³-hybridized carbons (Fsp3) is 0.600. The van der Waals surface area contributed by atoms with E-state index in [2.05, 4.69) is 13.8 Å². The Bertz CT molecular complexity index is 125. The van der Waals surface area contributed by atoms with Crippen LogP contribution in [0.25, 0.3) is 0 Å². The molecule has 0 unspecified atom stereocenters. The van der Waals surface area contributed by atoms with E-state index in [1.165, 1.54) is 19.3 Å². The third-order valence-electron chi connectivity index (χ3n) is 1.52. The molecule has 0 aliphatic heterocycles. The van der Waals surface area contributed by atoms with E-state index in [0.717, 1.165) is 6.42 Å². The molecule has 0 saturated carbocycles. The average molecular weight is 153 g/mol. The molecule has 0 rings (SSSR count). The number of allylic oxidation sites excluding steroid dienone is 2. The zero-order valence-electron chi connectivity index (χ0n) is 7.31. The largest absolute Gasteiger partial charge is 0.295 e. The van der Waals surface area contributed by atoms with E-state index in [9.17, 15) is 4.79 Å². The summed E-state index contributed by atoms with van der Waals surface area (Å²) in [6.07, 6.45) is 8.67. The van der Waals surface area contributed by atoms with E-state index < -0.39 is 0 Å². The SMILES string of the molecule is [CH2]CC(=O)C=CCCCCC. The molecule has 0 amide bonds. The fourth-order valence-corrected chi connectivity index (χ4v) is 0.810. The summed E-state index contributed by atoms with van der Waals surface area (Å²) < 4.78 is 0. The lowest BCUT2D eigenvalue weighted by Gasteiger charge is -1.90. The molecule has 0 spiro atoms. The highest BCUT2D eigenvalue weighted by Crippen LogP contribution is 1.99. The van der Waals surface area contributed by atoms with Crippen LogP contribution < -0.4 is 0 Å². The topological polar surface area (TPSA) is 17.1 Å². The van der Waals surface area contributed by atoms with Crippen molar-refractivity contribution in [1.82, 2.24) is 0 Å². The van der Waals surface area contributed by atoms with Gasteiger partial charge >= 0.3 is 0 Å². The van der Waals surface area contributed by atoms with Crippen LogP contribution in [0.2, 0.25) is 0 Å². The summed E-state index contributed by atoms with van der Waals surface area (Å²) in [6.45, 7) is 5.67. The Morgan fingerprint density at radius 1 is 1.45 bits per heavy atom. The molecule has 1 nitrogen and oxygen atoms in total. The first-order valence-corrected chi connectivity index (χ1v) is 4.30. The highest BCUT2D eigenvalue weighted by molar-refractivity contribution is 5.89. The normalized spacial score (nSPS) is 10.7. The van der Waals surface area contributed by atoms with E-state index >= 15 is 0 Å².